The maximum atomic E-state index is 6.85. The van der Waals surface area contributed by atoms with Gasteiger partial charge in [0.2, 0.25) is 0 Å². The van der Waals surface area contributed by atoms with Gasteiger partial charge in [0.05, 0.1) is 22.8 Å². The standard InChI is InChI=1S/C60H42N2O/c1-37-43(46-26-14-19-38-15-4-6-20-44(38)46)31-32-54(61-60(37)50-30-29-39-16-5-7-21-45(39)47-22-8-9-23-48(47)50)53-35-42(36-58-59(53)51-25-11-13-28-57(51)63-58)62-55-27-12-10-24-49(55)52-33-40-17-2-3-18-41(40)34-56(52)62/h2-28,31,33-36,50,60H,1,29-30,32H2. The minimum absolute atomic E-state index is 0.0953. The molecule has 0 amide bonds. The third-order valence-corrected chi connectivity index (χ3v) is 13.9. The number of rotatable bonds is 4. The Labute approximate surface area is 365 Å². The van der Waals surface area contributed by atoms with E-state index in [1.165, 1.54) is 65.7 Å². The van der Waals surface area contributed by atoms with Crippen molar-refractivity contribution in [2.45, 2.75) is 31.2 Å². The predicted octanol–water partition coefficient (Wildman–Crippen LogP) is 15.6. The van der Waals surface area contributed by atoms with Crippen molar-refractivity contribution in [1.82, 2.24) is 4.57 Å². The molecular formula is C60H42N2O. The molecule has 0 radical (unpaired) electrons. The van der Waals surface area contributed by atoms with Crippen LogP contribution in [0.1, 0.15) is 41.0 Å². The molecule has 1 aliphatic heterocycles. The largest absolute Gasteiger partial charge is 0.456 e. The number of benzene rings is 9. The van der Waals surface area contributed by atoms with Crippen LogP contribution in [0, 0.1) is 0 Å². The molecule has 3 nitrogen and oxygen atoms in total. The van der Waals surface area contributed by atoms with Crippen LogP contribution in [0.5, 0.6) is 0 Å². The van der Waals surface area contributed by atoms with Crippen molar-refractivity contribution in [3.05, 3.63) is 229 Å². The van der Waals surface area contributed by atoms with Crippen LogP contribution in [-0.2, 0) is 6.42 Å². The van der Waals surface area contributed by atoms with Crippen LogP contribution in [0.15, 0.2) is 216 Å². The lowest BCUT2D eigenvalue weighted by Gasteiger charge is -2.28. The van der Waals surface area contributed by atoms with Gasteiger partial charge in [-0.15, -0.1) is 0 Å². The summed E-state index contributed by atoms with van der Waals surface area (Å²) in [4.78, 5) is 6.05. The molecule has 13 rings (SSSR count). The van der Waals surface area contributed by atoms with Crippen molar-refractivity contribution >= 4 is 76.6 Å². The SMILES string of the molecule is C=C1C(c2cccc3ccccc23)=CCC(c2cc(-n3c4ccccc4c4cc5ccccc5cc43)cc3oc4ccccc4c23)=NC1C1CCc2ccccc2-c2ccccc21. The first-order valence-electron chi connectivity index (χ1n) is 22.2. The van der Waals surface area contributed by atoms with Crippen LogP contribution in [-0.4, -0.2) is 16.3 Å². The number of fused-ring (bicyclic) bond motifs is 11. The van der Waals surface area contributed by atoms with Crippen LogP contribution < -0.4 is 0 Å². The highest BCUT2D eigenvalue weighted by molar-refractivity contribution is 6.21. The van der Waals surface area contributed by atoms with Gasteiger partial charge in [-0.2, -0.15) is 0 Å². The Bertz CT molecular complexity index is 3760. The average Bonchev–Trinajstić information content (AvgIpc) is 3.74. The third kappa shape index (κ3) is 5.63. The Kier molecular flexibility index (Phi) is 8.08. The van der Waals surface area contributed by atoms with Crippen LogP contribution in [0.4, 0.5) is 0 Å². The van der Waals surface area contributed by atoms with E-state index >= 15 is 0 Å². The molecule has 2 aliphatic rings. The van der Waals surface area contributed by atoms with Gasteiger partial charge in [0.1, 0.15) is 11.2 Å². The fourth-order valence-electron chi connectivity index (χ4n) is 11.0. The third-order valence-electron chi connectivity index (χ3n) is 13.9. The van der Waals surface area contributed by atoms with Crippen LogP contribution >= 0.6 is 0 Å². The number of furan rings is 1. The second-order valence-corrected chi connectivity index (χ2v) is 17.3. The number of hydrogen-bond acceptors (Lipinski definition) is 2. The summed E-state index contributed by atoms with van der Waals surface area (Å²) in [5.74, 6) is 0.0953. The molecule has 63 heavy (non-hydrogen) atoms. The number of aliphatic imine (C=N–C) groups is 1. The first-order valence-corrected chi connectivity index (χ1v) is 22.2. The number of aryl methyl sites for hydroxylation is 1. The number of allylic oxidation sites excluding steroid dienone is 1. The molecule has 0 fully saturated rings. The van der Waals surface area contributed by atoms with Gasteiger partial charge >= 0.3 is 0 Å². The minimum atomic E-state index is -0.223. The number of nitrogens with zero attached hydrogens (tertiary/aromatic N) is 2. The summed E-state index contributed by atoms with van der Waals surface area (Å²) in [6, 6.07) is 68.4. The zero-order valence-electron chi connectivity index (χ0n) is 34.8. The maximum Gasteiger partial charge on any atom is 0.138 e. The van der Waals surface area contributed by atoms with E-state index in [2.05, 4.69) is 199 Å². The highest BCUT2D eigenvalue weighted by atomic mass is 16.3. The van der Waals surface area contributed by atoms with Crippen molar-refractivity contribution < 1.29 is 4.42 Å². The van der Waals surface area contributed by atoms with Gasteiger partial charge in [-0.25, -0.2) is 0 Å². The van der Waals surface area contributed by atoms with E-state index in [1.54, 1.807) is 0 Å². The van der Waals surface area contributed by atoms with Gasteiger partial charge < -0.3 is 8.98 Å². The van der Waals surface area contributed by atoms with Crippen molar-refractivity contribution in [2.75, 3.05) is 0 Å². The topological polar surface area (TPSA) is 30.4 Å². The monoisotopic (exact) mass is 806 g/mol. The summed E-state index contributed by atoms with van der Waals surface area (Å²) < 4.78 is 9.28. The van der Waals surface area contributed by atoms with Gasteiger partial charge in [-0.1, -0.05) is 164 Å². The van der Waals surface area contributed by atoms with Crippen molar-refractivity contribution in [3.63, 3.8) is 0 Å². The van der Waals surface area contributed by atoms with Crippen molar-refractivity contribution in [1.29, 1.82) is 0 Å². The van der Waals surface area contributed by atoms with Gasteiger partial charge in [0.15, 0.2) is 0 Å². The second kappa shape index (κ2) is 14.2. The quantitative estimate of drug-likeness (QED) is 0.174. The molecule has 1 aliphatic carbocycles. The molecular weight excluding hydrogens is 765 g/mol. The van der Waals surface area contributed by atoms with E-state index in [1.807, 2.05) is 0 Å². The fourth-order valence-corrected chi connectivity index (χ4v) is 11.0. The van der Waals surface area contributed by atoms with Crippen LogP contribution in [0.2, 0.25) is 0 Å². The zero-order valence-corrected chi connectivity index (χ0v) is 34.8. The van der Waals surface area contributed by atoms with E-state index < -0.39 is 0 Å². The first kappa shape index (κ1) is 36.0. The number of aromatic nitrogens is 1. The Morgan fingerprint density at radius 1 is 0.524 bits per heavy atom. The molecule has 0 saturated carbocycles. The van der Waals surface area contributed by atoms with Gasteiger partial charge in [0.25, 0.3) is 0 Å². The first-order chi connectivity index (χ1) is 31.2. The van der Waals surface area contributed by atoms with Crippen LogP contribution in [0.3, 0.4) is 0 Å². The van der Waals surface area contributed by atoms with Gasteiger partial charge in [-0.3, -0.25) is 4.99 Å². The molecule has 11 aromatic rings. The molecule has 2 atom stereocenters. The van der Waals surface area contributed by atoms with E-state index in [0.717, 1.165) is 68.3 Å². The molecule has 0 saturated heterocycles. The van der Waals surface area contributed by atoms with Crippen molar-refractivity contribution in [2.24, 2.45) is 4.99 Å². The molecule has 2 unspecified atom stereocenters. The van der Waals surface area contributed by atoms with Gasteiger partial charge in [-0.05, 0) is 104 Å². The Hall–Kier alpha value is -7.75. The van der Waals surface area contributed by atoms with Crippen LogP contribution in [0.25, 0.3) is 87.7 Å². The number of hydrogen-bond donors (Lipinski definition) is 0. The van der Waals surface area contributed by atoms with Gasteiger partial charge in [0, 0.05) is 51.2 Å². The molecule has 2 aromatic heterocycles. The normalized spacial score (nSPS) is 16.6. The molecule has 3 heteroatoms. The van der Waals surface area contributed by atoms with E-state index in [9.17, 15) is 0 Å². The second-order valence-electron chi connectivity index (χ2n) is 17.3. The summed E-state index contributed by atoms with van der Waals surface area (Å²) >= 11 is 0. The molecule has 9 aromatic carbocycles. The molecule has 0 N–H and O–H groups in total. The van der Waals surface area contributed by atoms with E-state index in [-0.39, 0.29) is 12.0 Å². The lowest BCUT2D eigenvalue weighted by atomic mass is 9.79. The molecule has 298 valence electrons. The fraction of sp³-hybridized carbons (Fsp3) is 0.0833. The van der Waals surface area contributed by atoms with E-state index in [4.69, 9.17) is 16.0 Å². The van der Waals surface area contributed by atoms with Crippen molar-refractivity contribution in [3.8, 4) is 16.8 Å². The predicted molar refractivity (Wildman–Crippen MR) is 265 cm³/mol. The summed E-state index contributed by atoms with van der Waals surface area (Å²) in [6.45, 7) is 5.03. The zero-order chi connectivity index (χ0) is 41.6. The summed E-state index contributed by atoms with van der Waals surface area (Å²) in [5, 5.41) is 9.55. The lowest BCUT2D eigenvalue weighted by molar-refractivity contribution is 0.563. The summed E-state index contributed by atoms with van der Waals surface area (Å²) in [7, 11) is 0. The Morgan fingerprint density at radius 2 is 1.21 bits per heavy atom. The smallest absolute Gasteiger partial charge is 0.138 e. The Morgan fingerprint density at radius 3 is 2.10 bits per heavy atom. The number of para-hydroxylation sites is 2. The van der Waals surface area contributed by atoms with E-state index in [0.29, 0.717) is 6.42 Å². The molecule has 3 heterocycles. The maximum absolute atomic E-state index is 6.85. The molecule has 0 bridgehead atoms. The summed E-state index contributed by atoms with van der Waals surface area (Å²) in [6.07, 6.45) is 4.97. The lowest BCUT2D eigenvalue weighted by Crippen LogP contribution is -2.22. The highest BCUT2D eigenvalue weighted by Gasteiger charge is 2.34. The Balaban J connectivity index is 1.09. The average molecular weight is 807 g/mol. The molecule has 0 spiro atoms. The minimum Gasteiger partial charge on any atom is -0.456 e. The summed E-state index contributed by atoms with van der Waals surface area (Å²) in [5.41, 5.74) is 16.0. The highest BCUT2D eigenvalue weighted by Crippen LogP contribution is 2.47.